The Morgan fingerprint density at radius 2 is 0.727 bits per heavy atom. The van der Waals surface area contributed by atoms with Crippen LogP contribution in [-0.2, 0) is 0 Å². The summed E-state index contributed by atoms with van der Waals surface area (Å²) in [7, 11) is 0. The molecule has 0 fully saturated rings. The molecule has 1 aromatic rings. The number of hydrogen-bond acceptors (Lipinski definition) is 0. The zero-order valence-electron chi connectivity index (χ0n) is 6.03. The minimum Gasteiger partial charge on any atom is -0.124 e. The van der Waals surface area contributed by atoms with Gasteiger partial charge in [-0.3, -0.25) is 0 Å². The molecule has 0 aliphatic carbocycles. The quantitative estimate of drug-likeness (QED) is 0.391. The number of rotatable bonds is 0. The maximum Gasteiger partial charge on any atom is -0.0623 e. The lowest BCUT2D eigenvalue weighted by Gasteiger charge is -1.69. The summed E-state index contributed by atoms with van der Waals surface area (Å²) in [5.41, 5.74) is 0. The Labute approximate surface area is 70.6 Å². The lowest BCUT2D eigenvalue weighted by Crippen LogP contribution is -1.47. The SMILES string of the molecule is C.C#C.C=C.c1ccccc1. The van der Waals surface area contributed by atoms with Gasteiger partial charge in [0.2, 0.25) is 0 Å². The highest BCUT2D eigenvalue weighted by Gasteiger charge is 1.57. The predicted molar refractivity (Wildman–Crippen MR) is 54.3 cm³/mol. The van der Waals surface area contributed by atoms with Crippen molar-refractivity contribution in [2.75, 3.05) is 0 Å². The third-order valence-electron chi connectivity index (χ3n) is 0.667. The first kappa shape index (κ1) is 16.3. The Bertz CT molecular complexity index is 112. The Morgan fingerprint density at radius 1 is 0.636 bits per heavy atom. The Morgan fingerprint density at radius 3 is 0.818 bits per heavy atom. The van der Waals surface area contributed by atoms with Gasteiger partial charge in [0.15, 0.2) is 0 Å². The van der Waals surface area contributed by atoms with Crippen molar-refractivity contribution < 1.29 is 0 Å². The van der Waals surface area contributed by atoms with Crippen LogP contribution < -0.4 is 0 Å². The van der Waals surface area contributed by atoms with Gasteiger partial charge in [-0.2, -0.15) is 0 Å². The molecular formula is C11H16. The molecule has 60 valence electrons. The molecule has 0 nitrogen and oxygen atoms in total. The molecule has 11 heavy (non-hydrogen) atoms. The summed E-state index contributed by atoms with van der Waals surface area (Å²) in [5.74, 6) is 0. The summed E-state index contributed by atoms with van der Waals surface area (Å²) in [4.78, 5) is 0. The molecule has 1 aromatic carbocycles. The number of hydrogen-bond donors (Lipinski definition) is 0. The molecule has 0 saturated heterocycles. The summed E-state index contributed by atoms with van der Waals surface area (Å²) in [6.07, 6.45) is 8.00. The van der Waals surface area contributed by atoms with Crippen LogP contribution in [0.15, 0.2) is 49.6 Å². The highest BCUT2D eigenvalue weighted by molar-refractivity contribution is 4.99. The van der Waals surface area contributed by atoms with Gasteiger partial charge < -0.3 is 0 Å². The first-order valence-corrected chi connectivity index (χ1v) is 2.83. The fraction of sp³-hybridized carbons (Fsp3) is 0.0909. The van der Waals surface area contributed by atoms with E-state index in [2.05, 4.69) is 26.0 Å². The van der Waals surface area contributed by atoms with Gasteiger partial charge in [0.05, 0.1) is 0 Å². The average Bonchev–Trinajstić information content (AvgIpc) is 2.14. The fourth-order valence-corrected chi connectivity index (χ4v) is 0.385. The third kappa shape index (κ3) is 17.7. The minimum atomic E-state index is 0. The molecule has 0 aliphatic rings. The van der Waals surface area contributed by atoms with Gasteiger partial charge in [0.1, 0.15) is 0 Å². The fourth-order valence-electron chi connectivity index (χ4n) is 0.385. The van der Waals surface area contributed by atoms with Gasteiger partial charge in [0.25, 0.3) is 0 Å². The monoisotopic (exact) mass is 148 g/mol. The second kappa shape index (κ2) is 23.6. The van der Waals surface area contributed by atoms with Gasteiger partial charge in [0, 0.05) is 0 Å². The van der Waals surface area contributed by atoms with Gasteiger partial charge >= 0.3 is 0 Å². The van der Waals surface area contributed by atoms with Crippen molar-refractivity contribution in [3.05, 3.63) is 49.6 Å². The highest BCUT2D eigenvalue weighted by Crippen LogP contribution is 1.79. The molecule has 0 aliphatic heterocycles. The summed E-state index contributed by atoms with van der Waals surface area (Å²) in [6, 6.07) is 12.0. The highest BCUT2D eigenvalue weighted by atomic mass is 13.6. The standard InChI is InChI=1S/C6H6.C2H4.C2H2.CH4/c1-2-4-6-5-3-1;2*1-2;/h1-6H;1-2H2;1-2H;1H4. The van der Waals surface area contributed by atoms with E-state index in [1.165, 1.54) is 0 Å². The van der Waals surface area contributed by atoms with Crippen LogP contribution in [0.4, 0.5) is 0 Å². The molecule has 0 heterocycles. The van der Waals surface area contributed by atoms with E-state index in [-0.39, 0.29) is 7.43 Å². The number of terminal acetylenes is 1. The second-order valence-corrected chi connectivity index (χ2v) is 1.15. The molecule has 1 rings (SSSR count). The lowest BCUT2D eigenvalue weighted by molar-refractivity contribution is 1.72. The molecule has 0 saturated carbocycles. The summed E-state index contributed by atoms with van der Waals surface area (Å²) < 4.78 is 0. The van der Waals surface area contributed by atoms with Crippen molar-refractivity contribution in [2.45, 2.75) is 7.43 Å². The Hall–Kier alpha value is -1.48. The topological polar surface area (TPSA) is 0 Å². The van der Waals surface area contributed by atoms with E-state index in [0.29, 0.717) is 0 Å². The van der Waals surface area contributed by atoms with Crippen molar-refractivity contribution in [3.63, 3.8) is 0 Å². The first-order chi connectivity index (χ1) is 5.00. The van der Waals surface area contributed by atoms with E-state index >= 15 is 0 Å². The van der Waals surface area contributed by atoms with Crippen molar-refractivity contribution in [3.8, 4) is 12.8 Å². The summed E-state index contributed by atoms with van der Waals surface area (Å²) in [6.45, 7) is 6.00. The van der Waals surface area contributed by atoms with Gasteiger partial charge in [-0.25, -0.2) is 0 Å². The molecule has 0 heteroatoms. The molecule has 0 unspecified atom stereocenters. The molecular weight excluding hydrogens is 132 g/mol. The Kier molecular flexibility index (Phi) is 34.9. The van der Waals surface area contributed by atoms with Gasteiger partial charge in [-0.15, -0.1) is 26.0 Å². The molecule has 0 radical (unpaired) electrons. The zero-order valence-corrected chi connectivity index (χ0v) is 6.03. The molecule has 0 atom stereocenters. The van der Waals surface area contributed by atoms with Crippen LogP contribution in [0, 0.1) is 12.8 Å². The zero-order chi connectivity index (χ0) is 8.24. The average molecular weight is 148 g/mol. The molecule has 0 N–H and O–H groups in total. The van der Waals surface area contributed by atoms with Crippen LogP contribution in [0.2, 0.25) is 0 Å². The maximum absolute atomic E-state index is 4.00. The van der Waals surface area contributed by atoms with E-state index < -0.39 is 0 Å². The van der Waals surface area contributed by atoms with Crippen molar-refractivity contribution in [1.29, 1.82) is 0 Å². The molecule has 0 bridgehead atoms. The van der Waals surface area contributed by atoms with Crippen LogP contribution in [0.1, 0.15) is 7.43 Å². The van der Waals surface area contributed by atoms with Crippen LogP contribution in [-0.4, -0.2) is 0 Å². The van der Waals surface area contributed by atoms with Crippen molar-refractivity contribution in [2.24, 2.45) is 0 Å². The van der Waals surface area contributed by atoms with Crippen molar-refractivity contribution in [1.82, 2.24) is 0 Å². The molecule has 0 aromatic heterocycles. The van der Waals surface area contributed by atoms with E-state index in [9.17, 15) is 0 Å². The van der Waals surface area contributed by atoms with Gasteiger partial charge in [-0.1, -0.05) is 43.8 Å². The molecule has 0 spiro atoms. The van der Waals surface area contributed by atoms with E-state index in [4.69, 9.17) is 0 Å². The van der Waals surface area contributed by atoms with E-state index in [1.54, 1.807) is 0 Å². The predicted octanol–water partition coefficient (Wildman–Crippen LogP) is 3.37. The van der Waals surface area contributed by atoms with Crippen LogP contribution in [0.3, 0.4) is 0 Å². The third-order valence-corrected chi connectivity index (χ3v) is 0.667. The largest absolute Gasteiger partial charge is 0.124 e. The summed E-state index contributed by atoms with van der Waals surface area (Å²) in [5, 5.41) is 0. The minimum absolute atomic E-state index is 0. The van der Waals surface area contributed by atoms with E-state index in [0.717, 1.165) is 0 Å². The lowest BCUT2D eigenvalue weighted by atomic mass is 10.4. The number of benzene rings is 1. The molecule has 0 amide bonds. The second-order valence-electron chi connectivity index (χ2n) is 1.15. The first-order valence-electron chi connectivity index (χ1n) is 2.83. The van der Waals surface area contributed by atoms with E-state index in [1.807, 2.05) is 36.4 Å². The van der Waals surface area contributed by atoms with Crippen molar-refractivity contribution >= 4 is 0 Å². The van der Waals surface area contributed by atoms with Crippen LogP contribution in [0.5, 0.6) is 0 Å². The smallest absolute Gasteiger partial charge is 0.0623 e. The Balaban J connectivity index is -0.000000114. The van der Waals surface area contributed by atoms with Gasteiger partial charge in [-0.05, 0) is 0 Å². The van der Waals surface area contributed by atoms with Crippen LogP contribution in [0.25, 0.3) is 0 Å². The summed E-state index contributed by atoms with van der Waals surface area (Å²) >= 11 is 0. The van der Waals surface area contributed by atoms with Crippen LogP contribution >= 0.6 is 0 Å². The maximum atomic E-state index is 4.00. The normalized spacial score (nSPS) is 4.91.